The zero-order chi connectivity index (χ0) is 14.7. The van der Waals surface area contributed by atoms with E-state index in [9.17, 15) is 17.7 Å². The van der Waals surface area contributed by atoms with E-state index in [0.29, 0.717) is 16.2 Å². The standard InChI is InChI=1S/C8H11FN.CHF3O3S/c1-6-4-7(2)10(9)8(3)5-6;2-1(3,4)8(5,6)7/h4-5H,1-3H3;(H,5,6,7)/q+1;/p-1. The normalized spacial score (nSPS) is 11.8. The fourth-order valence-electron chi connectivity index (χ4n) is 1.09. The Morgan fingerprint density at radius 3 is 1.61 bits per heavy atom. The Bertz CT molecular complexity index is 502. The molecule has 0 atom stereocenters. The first-order valence-electron chi connectivity index (χ1n) is 4.54. The number of aromatic nitrogens is 1. The van der Waals surface area contributed by atoms with Crippen LogP contribution in [0.5, 0.6) is 0 Å². The monoisotopic (exact) mass is 289 g/mol. The largest absolute Gasteiger partial charge is 0.741 e. The number of hydrogen-bond donors (Lipinski definition) is 0. The number of rotatable bonds is 0. The number of alkyl halides is 3. The maximum atomic E-state index is 12.8. The van der Waals surface area contributed by atoms with Gasteiger partial charge >= 0.3 is 5.51 Å². The number of halogens is 4. The number of pyridine rings is 1. The summed E-state index contributed by atoms with van der Waals surface area (Å²) in [5.74, 6) is 0. The van der Waals surface area contributed by atoms with Gasteiger partial charge in [-0.1, -0.05) is 0 Å². The molecule has 0 saturated heterocycles. The molecule has 0 aliphatic carbocycles. The van der Waals surface area contributed by atoms with Crippen molar-refractivity contribution in [1.82, 2.24) is 0 Å². The van der Waals surface area contributed by atoms with E-state index in [0.717, 1.165) is 5.56 Å². The summed E-state index contributed by atoms with van der Waals surface area (Å²) in [6.45, 7) is 5.46. The van der Waals surface area contributed by atoms with Gasteiger partial charge in [0.05, 0.1) is 4.48 Å². The zero-order valence-electron chi connectivity index (χ0n) is 9.75. The van der Waals surface area contributed by atoms with E-state index in [1.807, 2.05) is 19.1 Å². The van der Waals surface area contributed by atoms with Crippen molar-refractivity contribution >= 4 is 10.1 Å². The molecule has 0 amide bonds. The molecular weight excluding hydrogens is 278 g/mol. The SMILES string of the molecule is Cc1cc(C)[n+](F)c(C)c1.O=S(=O)([O-])C(F)(F)F. The first-order valence-corrected chi connectivity index (χ1v) is 5.95. The van der Waals surface area contributed by atoms with Gasteiger partial charge in [0.25, 0.3) is 0 Å². The molecule has 18 heavy (non-hydrogen) atoms. The number of aryl methyl sites for hydroxylation is 3. The second-order valence-corrected chi connectivity index (χ2v) is 4.87. The molecule has 0 unspecified atom stereocenters. The summed E-state index contributed by atoms with van der Waals surface area (Å²) in [6, 6.07) is 3.62. The second-order valence-electron chi connectivity index (χ2n) is 3.50. The molecule has 4 nitrogen and oxygen atoms in total. The highest BCUT2D eigenvalue weighted by atomic mass is 32.2. The lowest BCUT2D eigenvalue weighted by atomic mass is 10.2. The lowest BCUT2D eigenvalue weighted by molar-refractivity contribution is -0.852. The van der Waals surface area contributed by atoms with Crippen molar-refractivity contribution in [2.45, 2.75) is 26.3 Å². The minimum atomic E-state index is -6.09. The van der Waals surface area contributed by atoms with Crippen molar-refractivity contribution in [1.29, 1.82) is 0 Å². The van der Waals surface area contributed by atoms with Crippen molar-refractivity contribution < 1.29 is 35.4 Å². The van der Waals surface area contributed by atoms with Crippen LogP contribution in [0.15, 0.2) is 12.1 Å². The molecule has 0 spiro atoms. The first kappa shape index (κ1) is 16.8. The predicted molar refractivity (Wildman–Crippen MR) is 53.1 cm³/mol. The highest BCUT2D eigenvalue weighted by Crippen LogP contribution is 2.20. The van der Waals surface area contributed by atoms with Crippen molar-refractivity contribution in [2.24, 2.45) is 0 Å². The minimum Gasteiger partial charge on any atom is -0.741 e. The quantitative estimate of drug-likeness (QED) is 0.415. The Morgan fingerprint density at radius 2 is 1.39 bits per heavy atom. The van der Waals surface area contributed by atoms with Gasteiger partial charge in [-0.05, 0) is 12.5 Å². The average Bonchev–Trinajstić information content (AvgIpc) is 2.11. The molecule has 0 saturated carbocycles. The van der Waals surface area contributed by atoms with E-state index in [1.54, 1.807) is 13.8 Å². The third-order valence-electron chi connectivity index (χ3n) is 1.78. The Morgan fingerprint density at radius 1 is 1.11 bits per heavy atom. The Balaban J connectivity index is 0.000000331. The molecule has 0 aliphatic rings. The molecule has 104 valence electrons. The van der Waals surface area contributed by atoms with Gasteiger partial charge in [0.2, 0.25) is 11.4 Å². The van der Waals surface area contributed by atoms with Crippen LogP contribution in [0, 0.1) is 20.8 Å². The van der Waals surface area contributed by atoms with Gasteiger partial charge in [-0.25, -0.2) is 8.42 Å². The molecular formula is C9H11F4NO3S. The van der Waals surface area contributed by atoms with Gasteiger partial charge in [-0.15, -0.1) is 0 Å². The second kappa shape index (κ2) is 5.61. The van der Waals surface area contributed by atoms with E-state index in [-0.39, 0.29) is 0 Å². The van der Waals surface area contributed by atoms with Crippen molar-refractivity contribution in [3.63, 3.8) is 0 Å². The smallest absolute Gasteiger partial charge is 0.485 e. The average molecular weight is 289 g/mol. The van der Waals surface area contributed by atoms with Crippen LogP contribution in [0.3, 0.4) is 0 Å². The maximum absolute atomic E-state index is 12.8. The molecule has 0 bridgehead atoms. The summed E-state index contributed by atoms with van der Waals surface area (Å²) in [5, 5.41) is 0. The van der Waals surface area contributed by atoms with E-state index in [1.165, 1.54) is 0 Å². The summed E-state index contributed by atoms with van der Waals surface area (Å²) in [6.07, 6.45) is 0. The fourth-order valence-corrected chi connectivity index (χ4v) is 1.09. The Hall–Kier alpha value is -1.22. The Kier molecular flexibility index (Phi) is 5.23. The topological polar surface area (TPSA) is 61.1 Å². The van der Waals surface area contributed by atoms with E-state index < -0.39 is 15.6 Å². The van der Waals surface area contributed by atoms with Crippen LogP contribution >= 0.6 is 0 Å². The van der Waals surface area contributed by atoms with Crippen LogP contribution in [0.25, 0.3) is 0 Å². The van der Waals surface area contributed by atoms with Gasteiger partial charge in [-0.2, -0.15) is 13.2 Å². The van der Waals surface area contributed by atoms with E-state index in [4.69, 9.17) is 13.0 Å². The van der Waals surface area contributed by atoms with Crippen LogP contribution in [0.4, 0.5) is 17.7 Å². The molecule has 0 aromatic carbocycles. The van der Waals surface area contributed by atoms with Gasteiger partial charge in [0.1, 0.15) is 0 Å². The van der Waals surface area contributed by atoms with Gasteiger partial charge in [0, 0.05) is 30.8 Å². The zero-order valence-corrected chi connectivity index (χ0v) is 10.6. The molecule has 0 fully saturated rings. The summed E-state index contributed by atoms with van der Waals surface area (Å²) >= 11 is 0. The summed E-state index contributed by atoms with van der Waals surface area (Å²) in [4.78, 5) is 0.688. The summed E-state index contributed by atoms with van der Waals surface area (Å²) < 4.78 is 71.7. The third-order valence-corrected chi connectivity index (χ3v) is 2.34. The number of hydrogen-bond acceptors (Lipinski definition) is 3. The van der Waals surface area contributed by atoms with E-state index in [2.05, 4.69) is 0 Å². The molecule has 1 rings (SSSR count). The predicted octanol–water partition coefficient (Wildman–Crippen LogP) is 1.68. The van der Waals surface area contributed by atoms with Gasteiger partial charge in [0.15, 0.2) is 10.1 Å². The lowest BCUT2D eigenvalue weighted by Gasteiger charge is -2.08. The highest BCUT2D eigenvalue weighted by molar-refractivity contribution is 7.86. The highest BCUT2D eigenvalue weighted by Gasteiger charge is 2.36. The molecule has 1 aromatic heterocycles. The molecule has 0 N–H and O–H groups in total. The molecule has 1 heterocycles. The van der Waals surface area contributed by atoms with Crippen LogP contribution < -0.4 is 4.79 Å². The van der Waals surface area contributed by atoms with Crippen LogP contribution in [-0.4, -0.2) is 18.5 Å². The molecule has 9 heteroatoms. The van der Waals surface area contributed by atoms with Crippen LogP contribution in [-0.2, 0) is 10.1 Å². The number of nitrogens with zero attached hydrogens (tertiary/aromatic N) is 1. The van der Waals surface area contributed by atoms with Crippen molar-refractivity contribution in [3.8, 4) is 0 Å². The van der Waals surface area contributed by atoms with Crippen LogP contribution in [0.2, 0.25) is 0 Å². The summed E-state index contributed by atoms with van der Waals surface area (Å²) in [7, 11) is -6.09. The molecule has 0 radical (unpaired) electrons. The van der Waals surface area contributed by atoms with E-state index >= 15 is 0 Å². The maximum Gasteiger partial charge on any atom is 0.485 e. The van der Waals surface area contributed by atoms with Crippen molar-refractivity contribution in [2.75, 3.05) is 0 Å². The van der Waals surface area contributed by atoms with Crippen molar-refractivity contribution in [3.05, 3.63) is 29.1 Å². The third kappa shape index (κ3) is 4.96. The Labute approximate surface area is 102 Å². The fraction of sp³-hybridized carbons (Fsp3) is 0.444. The lowest BCUT2D eigenvalue weighted by Crippen LogP contribution is -2.30. The summed E-state index contributed by atoms with van der Waals surface area (Å²) in [5.41, 5.74) is -3.24. The molecule has 1 aromatic rings. The first-order chi connectivity index (χ1) is 7.86. The van der Waals surface area contributed by atoms with Crippen LogP contribution in [0.1, 0.15) is 17.0 Å². The molecule has 0 aliphatic heterocycles. The minimum absolute atomic E-state index is 0.650. The van der Waals surface area contributed by atoms with Gasteiger partial charge < -0.3 is 4.55 Å². The van der Waals surface area contributed by atoms with Gasteiger partial charge in [-0.3, -0.25) is 0 Å².